The van der Waals surface area contributed by atoms with E-state index in [1.807, 2.05) is 31.2 Å². The van der Waals surface area contributed by atoms with Crippen molar-refractivity contribution in [2.75, 3.05) is 13.2 Å². The minimum absolute atomic E-state index is 0.0380. The van der Waals surface area contributed by atoms with Crippen LogP contribution in [-0.2, 0) is 14.3 Å². The highest BCUT2D eigenvalue weighted by Crippen LogP contribution is 2.44. The van der Waals surface area contributed by atoms with Gasteiger partial charge in [-0.05, 0) is 46.9 Å². The Hall–Kier alpha value is -3.35. The SMILES string of the molecule is CC(CCC(=O)O)CNC(=O)C(CC1CC1)NC(=O)OCC1c2ccccc2-c2ccccc21. The van der Waals surface area contributed by atoms with Gasteiger partial charge in [-0.15, -0.1) is 0 Å². The number of carbonyl (C=O) groups excluding carboxylic acids is 2. The van der Waals surface area contributed by atoms with Crippen LogP contribution in [0.1, 0.15) is 56.1 Å². The lowest BCUT2D eigenvalue weighted by Gasteiger charge is -2.20. The molecule has 7 nitrogen and oxygen atoms in total. The fourth-order valence-electron chi connectivity index (χ4n) is 4.57. The number of fused-ring (bicyclic) bond motifs is 3. The van der Waals surface area contributed by atoms with E-state index < -0.39 is 18.1 Å². The summed E-state index contributed by atoms with van der Waals surface area (Å²) in [5.74, 6) is -0.654. The smallest absolute Gasteiger partial charge is 0.407 e. The van der Waals surface area contributed by atoms with E-state index in [0.717, 1.165) is 35.1 Å². The number of hydrogen-bond donors (Lipinski definition) is 3. The van der Waals surface area contributed by atoms with E-state index in [2.05, 4.69) is 34.9 Å². The van der Waals surface area contributed by atoms with E-state index in [1.54, 1.807) is 0 Å². The van der Waals surface area contributed by atoms with Gasteiger partial charge in [-0.2, -0.15) is 0 Å². The van der Waals surface area contributed by atoms with Gasteiger partial charge in [0, 0.05) is 18.9 Å². The largest absolute Gasteiger partial charge is 0.481 e. The van der Waals surface area contributed by atoms with Crippen LogP contribution in [0.2, 0.25) is 0 Å². The molecule has 0 aromatic heterocycles. The molecule has 2 aromatic rings. The van der Waals surface area contributed by atoms with E-state index in [4.69, 9.17) is 9.84 Å². The summed E-state index contributed by atoms with van der Waals surface area (Å²) in [6.45, 7) is 2.47. The zero-order chi connectivity index (χ0) is 24.1. The normalized spacial score (nSPS) is 16.1. The van der Waals surface area contributed by atoms with Gasteiger partial charge in [0.2, 0.25) is 5.91 Å². The first kappa shape index (κ1) is 23.8. The fraction of sp³-hybridized carbons (Fsp3) is 0.444. The van der Waals surface area contributed by atoms with Gasteiger partial charge in [0.1, 0.15) is 12.6 Å². The zero-order valence-corrected chi connectivity index (χ0v) is 19.5. The number of benzene rings is 2. The van der Waals surface area contributed by atoms with Crippen LogP contribution in [-0.4, -0.2) is 42.3 Å². The van der Waals surface area contributed by atoms with Gasteiger partial charge in [0.05, 0.1) is 0 Å². The second-order valence-corrected chi connectivity index (χ2v) is 9.48. The summed E-state index contributed by atoms with van der Waals surface area (Å²) in [4.78, 5) is 36.2. The summed E-state index contributed by atoms with van der Waals surface area (Å²) in [7, 11) is 0. The van der Waals surface area contributed by atoms with Gasteiger partial charge in [-0.25, -0.2) is 4.79 Å². The number of carboxylic acid groups (broad SMARTS) is 1. The predicted octanol–water partition coefficient (Wildman–Crippen LogP) is 4.31. The van der Waals surface area contributed by atoms with Crippen molar-refractivity contribution in [1.82, 2.24) is 10.6 Å². The van der Waals surface area contributed by atoms with Crippen LogP contribution in [0.15, 0.2) is 48.5 Å². The van der Waals surface area contributed by atoms with Gasteiger partial charge in [0.25, 0.3) is 0 Å². The molecule has 0 aliphatic heterocycles. The first-order chi connectivity index (χ1) is 16.4. The van der Waals surface area contributed by atoms with Gasteiger partial charge in [-0.3, -0.25) is 9.59 Å². The lowest BCUT2D eigenvalue weighted by Crippen LogP contribution is -2.48. The molecule has 3 N–H and O–H groups in total. The number of carboxylic acids is 1. The van der Waals surface area contributed by atoms with E-state index in [9.17, 15) is 14.4 Å². The molecule has 0 spiro atoms. The highest BCUT2D eigenvalue weighted by atomic mass is 16.5. The Bertz CT molecular complexity index is 1000. The molecule has 180 valence electrons. The molecule has 2 atom stereocenters. The van der Waals surface area contributed by atoms with E-state index in [-0.39, 0.29) is 30.8 Å². The van der Waals surface area contributed by atoms with Crippen molar-refractivity contribution in [3.05, 3.63) is 59.7 Å². The molecule has 2 aliphatic rings. The van der Waals surface area contributed by atoms with Crippen LogP contribution < -0.4 is 10.6 Å². The van der Waals surface area contributed by atoms with Crippen LogP contribution in [0.25, 0.3) is 11.1 Å². The van der Waals surface area contributed by atoms with Gasteiger partial charge < -0.3 is 20.5 Å². The monoisotopic (exact) mass is 464 g/mol. The Labute approximate surface area is 199 Å². The third-order valence-corrected chi connectivity index (χ3v) is 6.69. The lowest BCUT2D eigenvalue weighted by molar-refractivity contribution is -0.137. The van der Waals surface area contributed by atoms with Crippen molar-refractivity contribution in [2.45, 2.75) is 51.0 Å². The standard InChI is InChI=1S/C27H32N2O5/c1-17(10-13-25(30)31)15-28-26(32)24(14-18-11-12-18)29-27(33)34-16-23-21-8-4-2-6-19(21)20-7-3-5-9-22(20)23/h2-9,17-18,23-24H,10-16H2,1H3,(H,28,32)(H,29,33)(H,30,31). The molecule has 0 bridgehead atoms. The molecule has 0 heterocycles. The number of aliphatic carboxylic acids is 1. The molecule has 2 amide bonds. The number of nitrogens with one attached hydrogen (secondary N) is 2. The maximum Gasteiger partial charge on any atom is 0.407 e. The number of carbonyl (C=O) groups is 3. The number of amides is 2. The third kappa shape index (κ3) is 5.95. The van der Waals surface area contributed by atoms with Gasteiger partial charge in [0.15, 0.2) is 0 Å². The first-order valence-electron chi connectivity index (χ1n) is 12.0. The van der Waals surface area contributed by atoms with Crippen molar-refractivity contribution in [3.63, 3.8) is 0 Å². The molecule has 4 rings (SSSR count). The molecule has 0 radical (unpaired) electrons. The van der Waals surface area contributed by atoms with Crippen molar-refractivity contribution in [2.24, 2.45) is 11.8 Å². The quantitative estimate of drug-likeness (QED) is 0.460. The Kier molecular flexibility index (Phi) is 7.50. The first-order valence-corrected chi connectivity index (χ1v) is 12.0. The molecule has 2 aliphatic carbocycles. The molecule has 7 heteroatoms. The van der Waals surface area contributed by atoms with Crippen molar-refractivity contribution < 1.29 is 24.2 Å². The Balaban J connectivity index is 1.33. The summed E-state index contributed by atoms with van der Waals surface area (Å²) in [5.41, 5.74) is 4.60. The minimum Gasteiger partial charge on any atom is -0.481 e. The van der Waals surface area contributed by atoms with Crippen LogP contribution in [0, 0.1) is 11.8 Å². The molecule has 34 heavy (non-hydrogen) atoms. The van der Waals surface area contributed by atoms with E-state index >= 15 is 0 Å². The molecule has 2 unspecified atom stereocenters. The molecule has 1 saturated carbocycles. The molecular formula is C27H32N2O5. The van der Waals surface area contributed by atoms with Crippen LogP contribution in [0.5, 0.6) is 0 Å². The predicted molar refractivity (Wildman–Crippen MR) is 128 cm³/mol. The zero-order valence-electron chi connectivity index (χ0n) is 19.5. The van der Waals surface area contributed by atoms with E-state index in [0.29, 0.717) is 25.3 Å². The fourth-order valence-corrected chi connectivity index (χ4v) is 4.57. The summed E-state index contributed by atoms with van der Waals surface area (Å²) < 4.78 is 5.62. The number of alkyl carbamates (subject to hydrolysis) is 1. The van der Waals surface area contributed by atoms with Crippen molar-refractivity contribution in [1.29, 1.82) is 0 Å². The Morgan fingerprint density at radius 3 is 2.24 bits per heavy atom. The average molecular weight is 465 g/mol. The Morgan fingerprint density at radius 2 is 1.65 bits per heavy atom. The van der Waals surface area contributed by atoms with Gasteiger partial charge in [-0.1, -0.05) is 68.3 Å². The maximum absolute atomic E-state index is 12.8. The minimum atomic E-state index is -0.846. The maximum atomic E-state index is 12.8. The second-order valence-electron chi connectivity index (χ2n) is 9.48. The molecule has 2 aromatic carbocycles. The van der Waals surface area contributed by atoms with E-state index in [1.165, 1.54) is 0 Å². The topological polar surface area (TPSA) is 105 Å². The van der Waals surface area contributed by atoms with Crippen LogP contribution in [0.3, 0.4) is 0 Å². The number of hydrogen-bond acceptors (Lipinski definition) is 4. The summed E-state index contributed by atoms with van der Waals surface area (Å²) in [6, 6.07) is 15.6. The highest BCUT2D eigenvalue weighted by Gasteiger charge is 2.32. The van der Waals surface area contributed by atoms with Crippen molar-refractivity contribution >= 4 is 18.0 Å². The summed E-state index contributed by atoms with van der Waals surface area (Å²) in [6.07, 6.45) is 2.67. The summed E-state index contributed by atoms with van der Waals surface area (Å²) >= 11 is 0. The van der Waals surface area contributed by atoms with Crippen molar-refractivity contribution in [3.8, 4) is 11.1 Å². The second kappa shape index (κ2) is 10.7. The lowest BCUT2D eigenvalue weighted by atomic mass is 9.98. The van der Waals surface area contributed by atoms with Gasteiger partial charge >= 0.3 is 12.1 Å². The molecule has 0 saturated heterocycles. The summed E-state index contributed by atoms with van der Waals surface area (Å²) in [5, 5.41) is 14.5. The molecule has 1 fully saturated rings. The Morgan fingerprint density at radius 1 is 1.03 bits per heavy atom. The van der Waals surface area contributed by atoms with Crippen LogP contribution >= 0.6 is 0 Å². The molecular weight excluding hydrogens is 432 g/mol. The third-order valence-electron chi connectivity index (χ3n) is 6.69. The number of ether oxygens (including phenoxy) is 1. The highest BCUT2D eigenvalue weighted by molar-refractivity contribution is 5.85. The number of rotatable bonds is 11. The average Bonchev–Trinajstić information content (AvgIpc) is 3.60. The van der Waals surface area contributed by atoms with Crippen LogP contribution in [0.4, 0.5) is 4.79 Å².